The number of para-hydroxylation sites is 1. The average Bonchev–Trinajstić information content (AvgIpc) is 3.53. The second-order valence-corrected chi connectivity index (χ2v) is 12.2. The molecule has 1 aliphatic heterocycles. The monoisotopic (exact) mass is 491 g/mol. The number of carbonyl (C=O) groups excluding carboxylic acids is 1. The van der Waals surface area contributed by atoms with Crippen molar-refractivity contribution in [3.63, 3.8) is 0 Å². The number of nitrogens with zero attached hydrogens (tertiary/aromatic N) is 2. The topological polar surface area (TPSA) is 54.3 Å². The second kappa shape index (κ2) is 8.61. The third kappa shape index (κ3) is 3.69. The Morgan fingerprint density at radius 2 is 1.79 bits per heavy atom. The van der Waals surface area contributed by atoms with Crippen molar-refractivity contribution in [3.05, 3.63) is 74.7 Å². The van der Waals surface area contributed by atoms with Gasteiger partial charge in [0.25, 0.3) is 0 Å². The summed E-state index contributed by atoms with van der Waals surface area (Å²) < 4.78 is 1.73. The fraction of sp³-hybridized carbons (Fsp3) is 0.407. The van der Waals surface area contributed by atoms with E-state index < -0.39 is 0 Å². The van der Waals surface area contributed by atoms with Crippen LogP contribution in [0.15, 0.2) is 64.4 Å². The number of thiazole rings is 1. The molecule has 5 nitrogen and oxygen atoms in total. The van der Waals surface area contributed by atoms with Crippen LogP contribution in [0.2, 0.25) is 0 Å². The van der Waals surface area contributed by atoms with Crippen molar-refractivity contribution >= 4 is 40.4 Å². The molecule has 176 valence electrons. The highest BCUT2D eigenvalue weighted by atomic mass is 32.2. The normalized spacial score (nSPS) is 26.7. The van der Waals surface area contributed by atoms with Gasteiger partial charge in [0.05, 0.1) is 5.03 Å². The third-order valence-electron chi connectivity index (χ3n) is 7.82. The van der Waals surface area contributed by atoms with E-state index in [1.165, 1.54) is 41.9 Å². The first-order valence-electron chi connectivity index (χ1n) is 12.0. The first kappa shape index (κ1) is 22.0. The Balaban J connectivity index is 1.37. The van der Waals surface area contributed by atoms with Crippen LogP contribution in [0, 0.1) is 17.8 Å². The number of nitrogens with one attached hydrogen (secondary N) is 1. The van der Waals surface area contributed by atoms with E-state index in [2.05, 4.69) is 48.6 Å². The Kier molecular flexibility index (Phi) is 5.57. The second-order valence-electron chi connectivity index (χ2n) is 9.99. The number of hydrogen-bond acceptors (Lipinski definition) is 5. The maximum absolute atomic E-state index is 13.2. The van der Waals surface area contributed by atoms with Gasteiger partial charge in [0.1, 0.15) is 6.54 Å². The van der Waals surface area contributed by atoms with Gasteiger partial charge in [0.2, 0.25) is 5.91 Å². The largest absolute Gasteiger partial charge is 0.378 e. The first-order valence-corrected chi connectivity index (χ1v) is 13.7. The SMILES string of the molecule is CN(C)c1ccc([C@@H]2c3sc(=O)n(CC(=O)Nc4ccccc4)c3SC3C4CCC(C4)C32)cc1. The lowest BCUT2D eigenvalue weighted by Crippen LogP contribution is -2.34. The van der Waals surface area contributed by atoms with Gasteiger partial charge in [-0.2, -0.15) is 0 Å². The third-order valence-corrected chi connectivity index (χ3v) is 10.6. The fourth-order valence-electron chi connectivity index (χ4n) is 6.31. The van der Waals surface area contributed by atoms with E-state index in [0.717, 1.165) is 27.4 Å². The fourth-order valence-corrected chi connectivity index (χ4v) is 9.46. The summed E-state index contributed by atoms with van der Waals surface area (Å²) in [7, 11) is 4.12. The summed E-state index contributed by atoms with van der Waals surface area (Å²) in [6.45, 7) is 0.0599. The lowest BCUT2D eigenvalue weighted by atomic mass is 9.75. The molecular weight excluding hydrogens is 462 g/mol. The van der Waals surface area contributed by atoms with Crippen LogP contribution in [0.5, 0.6) is 0 Å². The van der Waals surface area contributed by atoms with Crippen molar-refractivity contribution in [2.75, 3.05) is 24.3 Å². The van der Waals surface area contributed by atoms with Crippen molar-refractivity contribution in [1.29, 1.82) is 0 Å². The van der Waals surface area contributed by atoms with Gasteiger partial charge in [-0.1, -0.05) is 41.7 Å². The molecule has 1 N–H and O–H groups in total. The Morgan fingerprint density at radius 3 is 2.53 bits per heavy atom. The van der Waals surface area contributed by atoms with E-state index in [0.29, 0.717) is 11.2 Å². The minimum Gasteiger partial charge on any atom is -0.378 e. The molecule has 34 heavy (non-hydrogen) atoms. The minimum atomic E-state index is -0.156. The lowest BCUT2D eigenvalue weighted by molar-refractivity contribution is -0.116. The standard InChI is InChI=1S/C27H29N3O2S2/c1-29(2)20-12-10-16(11-13-20)22-23-17-8-9-18(14-17)24(23)33-26-25(22)34-27(32)30(26)15-21(31)28-19-6-4-3-5-7-19/h3-7,10-13,17-18,22-24H,8-9,14-15H2,1-2H3,(H,28,31)/t17?,18?,22-,23?,24?/m0/s1. The van der Waals surface area contributed by atoms with Gasteiger partial charge in [-0.25, -0.2) is 0 Å². The number of anilines is 2. The molecule has 1 aromatic heterocycles. The molecule has 0 spiro atoms. The molecule has 0 radical (unpaired) electrons. The zero-order valence-electron chi connectivity index (χ0n) is 19.4. The number of aromatic nitrogens is 1. The van der Waals surface area contributed by atoms with Gasteiger partial charge < -0.3 is 10.2 Å². The highest BCUT2D eigenvalue weighted by molar-refractivity contribution is 8.00. The molecule has 2 aromatic carbocycles. The average molecular weight is 492 g/mol. The molecule has 3 aromatic rings. The van der Waals surface area contributed by atoms with Crippen LogP contribution in [-0.4, -0.2) is 29.8 Å². The number of carbonyl (C=O) groups is 1. The van der Waals surface area contributed by atoms with E-state index >= 15 is 0 Å². The molecule has 2 saturated carbocycles. The number of amides is 1. The van der Waals surface area contributed by atoms with Gasteiger partial charge in [-0.15, -0.1) is 11.8 Å². The number of rotatable bonds is 5. The zero-order valence-corrected chi connectivity index (χ0v) is 21.1. The summed E-state index contributed by atoms with van der Waals surface area (Å²) in [6, 6.07) is 18.3. The lowest BCUT2D eigenvalue weighted by Gasteiger charge is -2.40. The molecule has 6 rings (SSSR count). The first-order chi connectivity index (χ1) is 16.5. The van der Waals surface area contributed by atoms with Crippen LogP contribution >= 0.6 is 23.1 Å². The van der Waals surface area contributed by atoms with Crippen molar-refractivity contribution in [3.8, 4) is 0 Å². The summed E-state index contributed by atoms with van der Waals surface area (Å²) in [4.78, 5) is 29.3. The number of hydrogen-bond donors (Lipinski definition) is 1. The van der Waals surface area contributed by atoms with Crippen LogP contribution in [0.1, 0.15) is 35.6 Å². The molecule has 4 unspecified atom stereocenters. The van der Waals surface area contributed by atoms with E-state index in [1.807, 2.05) is 42.1 Å². The van der Waals surface area contributed by atoms with Gasteiger partial charge >= 0.3 is 4.87 Å². The van der Waals surface area contributed by atoms with Gasteiger partial charge in [-0.05, 0) is 66.8 Å². The van der Waals surface area contributed by atoms with Crippen LogP contribution in [0.4, 0.5) is 11.4 Å². The zero-order chi connectivity index (χ0) is 23.4. The van der Waals surface area contributed by atoms with Crippen molar-refractivity contribution in [2.45, 2.75) is 42.0 Å². The summed E-state index contributed by atoms with van der Waals surface area (Å²) >= 11 is 3.23. The quantitative estimate of drug-likeness (QED) is 0.529. The minimum absolute atomic E-state index is 0.0251. The highest BCUT2D eigenvalue weighted by Gasteiger charge is 2.55. The number of thioether (sulfide) groups is 1. The molecule has 2 heterocycles. The van der Waals surface area contributed by atoms with Crippen molar-refractivity contribution in [1.82, 2.24) is 4.57 Å². The predicted molar refractivity (Wildman–Crippen MR) is 140 cm³/mol. The van der Waals surface area contributed by atoms with Gasteiger partial charge in [-0.3, -0.25) is 14.2 Å². The summed E-state index contributed by atoms with van der Waals surface area (Å²) in [5.41, 5.74) is 3.24. The van der Waals surface area contributed by atoms with Crippen molar-refractivity contribution in [2.24, 2.45) is 17.8 Å². The molecule has 7 heteroatoms. The molecule has 1 amide bonds. The van der Waals surface area contributed by atoms with Gasteiger partial charge in [0, 0.05) is 41.5 Å². The summed E-state index contributed by atoms with van der Waals surface area (Å²) in [5.74, 6) is 2.12. The number of benzene rings is 2. The molecule has 3 aliphatic rings. The van der Waals surface area contributed by atoms with Crippen LogP contribution in [0.25, 0.3) is 0 Å². The molecule has 2 aliphatic carbocycles. The Bertz CT molecular complexity index is 1270. The molecule has 0 saturated heterocycles. The molecule has 2 bridgehead atoms. The number of fused-ring (bicyclic) bond motifs is 6. The maximum atomic E-state index is 13.2. The predicted octanol–water partition coefficient (Wildman–Crippen LogP) is 5.27. The van der Waals surface area contributed by atoms with Gasteiger partial charge in [0.15, 0.2) is 0 Å². The highest BCUT2D eigenvalue weighted by Crippen LogP contribution is 2.64. The Labute approximate surface area is 208 Å². The summed E-state index contributed by atoms with van der Waals surface area (Å²) in [6.07, 6.45) is 3.91. The van der Waals surface area contributed by atoms with E-state index in [1.54, 1.807) is 4.57 Å². The van der Waals surface area contributed by atoms with E-state index in [-0.39, 0.29) is 23.2 Å². The molecule has 5 atom stereocenters. The van der Waals surface area contributed by atoms with Crippen LogP contribution < -0.4 is 15.1 Å². The van der Waals surface area contributed by atoms with E-state index in [9.17, 15) is 9.59 Å². The van der Waals surface area contributed by atoms with Crippen LogP contribution in [0.3, 0.4) is 0 Å². The van der Waals surface area contributed by atoms with Crippen LogP contribution in [-0.2, 0) is 11.3 Å². The Hall–Kier alpha value is -2.51. The van der Waals surface area contributed by atoms with Crippen molar-refractivity contribution < 1.29 is 4.79 Å². The smallest absolute Gasteiger partial charge is 0.308 e. The Morgan fingerprint density at radius 1 is 1.06 bits per heavy atom. The summed E-state index contributed by atoms with van der Waals surface area (Å²) in [5, 5.41) is 4.49. The van der Waals surface area contributed by atoms with E-state index in [4.69, 9.17) is 0 Å². The maximum Gasteiger partial charge on any atom is 0.308 e. The molecule has 2 fully saturated rings. The molecular formula is C27H29N3O2S2.